The standard InChI is InChI=1S/C39H25N3O2/c40-38(26-13-5-2-6-14-26)42-39(41-24-28-15-9-18-31-30-16-7-8-19-33(30)44-37(28)31)27-21-22-32-35(23-27)43-34-20-10-17-29(36(32)34)25-11-3-1-4-12-25/h1-24,40H/i1D,3D,4D,10D,11D,12D,17D,20D,21D,22D,23D. The average molecular weight is 579 g/mol. The maximum atomic E-state index is 9.36. The van der Waals surface area contributed by atoms with Crippen molar-refractivity contribution in [3.8, 4) is 11.1 Å². The van der Waals surface area contributed by atoms with E-state index < -0.39 is 72.0 Å². The third-order valence-electron chi connectivity index (χ3n) is 7.07. The highest BCUT2D eigenvalue weighted by Crippen LogP contribution is 2.37. The Balaban J connectivity index is 1.42. The van der Waals surface area contributed by atoms with Gasteiger partial charge in [-0.1, -0.05) is 109 Å². The smallest absolute Gasteiger partial charge is 0.161 e. The monoisotopic (exact) mass is 578 g/mol. The van der Waals surface area contributed by atoms with Gasteiger partial charge in [0.15, 0.2) is 11.7 Å². The lowest BCUT2D eigenvalue weighted by atomic mass is 9.99. The highest BCUT2D eigenvalue weighted by atomic mass is 16.3. The van der Waals surface area contributed by atoms with E-state index in [-0.39, 0.29) is 44.7 Å². The van der Waals surface area contributed by atoms with Gasteiger partial charge < -0.3 is 8.83 Å². The summed E-state index contributed by atoms with van der Waals surface area (Å²) in [5, 5.41) is 10.0. The van der Waals surface area contributed by atoms with E-state index in [4.69, 9.17) is 25.2 Å². The molecule has 0 saturated carbocycles. The fraction of sp³-hybridized carbons (Fsp3) is 0. The molecule has 0 saturated heterocycles. The molecule has 0 spiro atoms. The second-order valence-corrected chi connectivity index (χ2v) is 9.74. The van der Waals surface area contributed by atoms with E-state index in [1.165, 1.54) is 6.21 Å². The minimum atomic E-state index is -0.702. The molecule has 44 heavy (non-hydrogen) atoms. The predicted molar refractivity (Wildman–Crippen MR) is 180 cm³/mol. The molecule has 208 valence electrons. The van der Waals surface area contributed by atoms with Gasteiger partial charge >= 0.3 is 0 Å². The van der Waals surface area contributed by atoms with Crippen LogP contribution in [-0.4, -0.2) is 17.9 Å². The zero-order chi connectivity index (χ0) is 39.0. The fourth-order valence-electron chi connectivity index (χ4n) is 5.04. The number of para-hydroxylation sites is 2. The number of fused-ring (bicyclic) bond motifs is 6. The van der Waals surface area contributed by atoms with Gasteiger partial charge in [-0.3, -0.25) is 5.41 Å². The highest BCUT2D eigenvalue weighted by molar-refractivity contribution is 6.18. The van der Waals surface area contributed by atoms with E-state index in [0.717, 1.165) is 10.8 Å². The van der Waals surface area contributed by atoms with Crippen molar-refractivity contribution in [1.82, 2.24) is 0 Å². The number of furan rings is 2. The molecule has 0 bridgehead atoms. The number of nitrogens with zero attached hydrogens (tertiary/aromatic N) is 2. The molecule has 8 rings (SSSR count). The number of aliphatic imine (C=N–C) groups is 2. The van der Waals surface area contributed by atoms with Crippen LogP contribution in [-0.2, 0) is 0 Å². The van der Waals surface area contributed by atoms with Gasteiger partial charge in [0.1, 0.15) is 22.3 Å². The van der Waals surface area contributed by atoms with Gasteiger partial charge in [0, 0.05) is 44.4 Å². The largest absolute Gasteiger partial charge is 0.456 e. The van der Waals surface area contributed by atoms with Crippen molar-refractivity contribution in [2.24, 2.45) is 9.98 Å². The Morgan fingerprint density at radius 2 is 1.48 bits per heavy atom. The molecule has 5 heteroatoms. The number of nitrogens with one attached hydrogen (secondary N) is 1. The Morgan fingerprint density at radius 1 is 0.659 bits per heavy atom. The number of hydrogen-bond donors (Lipinski definition) is 1. The van der Waals surface area contributed by atoms with Crippen molar-refractivity contribution in [2.45, 2.75) is 0 Å². The van der Waals surface area contributed by atoms with Crippen LogP contribution in [0.5, 0.6) is 0 Å². The molecule has 5 nitrogen and oxygen atoms in total. The maximum absolute atomic E-state index is 9.36. The molecular weight excluding hydrogens is 542 g/mol. The summed E-state index contributed by atoms with van der Waals surface area (Å²) in [5.41, 5.74) is 0.211. The first-order valence-electron chi connectivity index (χ1n) is 19.0. The molecule has 0 aliphatic rings. The van der Waals surface area contributed by atoms with E-state index in [9.17, 15) is 4.11 Å². The van der Waals surface area contributed by atoms with Crippen molar-refractivity contribution in [3.05, 3.63) is 156 Å². The van der Waals surface area contributed by atoms with E-state index in [1.807, 2.05) is 36.4 Å². The lowest BCUT2D eigenvalue weighted by Gasteiger charge is -2.05. The predicted octanol–water partition coefficient (Wildman–Crippen LogP) is 10.0. The molecule has 0 aliphatic heterocycles. The van der Waals surface area contributed by atoms with Gasteiger partial charge in [-0.05, 0) is 41.4 Å². The summed E-state index contributed by atoms with van der Waals surface area (Å²) in [6.07, 6.45) is 1.42. The van der Waals surface area contributed by atoms with Crippen LogP contribution in [0.4, 0.5) is 0 Å². The lowest BCUT2D eigenvalue weighted by Crippen LogP contribution is -2.04. The first-order valence-corrected chi connectivity index (χ1v) is 13.5. The summed E-state index contributed by atoms with van der Waals surface area (Å²) in [6.45, 7) is 0. The zero-order valence-electron chi connectivity index (χ0n) is 33.7. The van der Waals surface area contributed by atoms with Crippen molar-refractivity contribution in [3.63, 3.8) is 0 Å². The number of amidine groups is 2. The minimum absolute atomic E-state index is 0.228. The van der Waals surface area contributed by atoms with Crippen LogP contribution in [0.1, 0.15) is 31.8 Å². The Hall–Kier alpha value is -6.07. The first-order chi connectivity index (χ1) is 26.3. The Bertz CT molecular complexity index is 3000. The molecule has 1 N–H and O–H groups in total. The number of benzene rings is 6. The zero-order valence-corrected chi connectivity index (χ0v) is 22.7. The molecule has 6 aromatic carbocycles. The average Bonchev–Trinajstić information content (AvgIpc) is 3.78. The molecular formula is C39H25N3O2. The molecule has 8 aromatic rings. The normalized spacial score (nSPS) is 15.7. The molecule has 2 aromatic heterocycles. The summed E-state index contributed by atoms with van der Waals surface area (Å²) < 4.78 is 108. The second-order valence-electron chi connectivity index (χ2n) is 9.74. The van der Waals surface area contributed by atoms with Crippen LogP contribution in [0.25, 0.3) is 55.0 Å². The molecule has 0 fully saturated rings. The quantitative estimate of drug-likeness (QED) is 0.167. The summed E-state index contributed by atoms with van der Waals surface area (Å²) >= 11 is 0. The van der Waals surface area contributed by atoms with Gasteiger partial charge in [0.2, 0.25) is 0 Å². The van der Waals surface area contributed by atoms with Crippen molar-refractivity contribution < 1.29 is 23.9 Å². The van der Waals surface area contributed by atoms with Crippen LogP contribution in [0.15, 0.2) is 158 Å². The van der Waals surface area contributed by atoms with E-state index in [0.29, 0.717) is 22.3 Å². The van der Waals surface area contributed by atoms with Gasteiger partial charge in [-0.2, -0.15) is 0 Å². The van der Waals surface area contributed by atoms with Gasteiger partial charge in [0.25, 0.3) is 0 Å². The maximum Gasteiger partial charge on any atom is 0.161 e. The molecule has 2 heterocycles. The van der Waals surface area contributed by atoms with Crippen LogP contribution < -0.4 is 0 Å². The Labute approximate surface area is 268 Å². The minimum Gasteiger partial charge on any atom is -0.456 e. The van der Waals surface area contributed by atoms with E-state index in [1.54, 1.807) is 36.4 Å². The van der Waals surface area contributed by atoms with E-state index >= 15 is 0 Å². The lowest BCUT2D eigenvalue weighted by molar-refractivity contribution is 0.668. The van der Waals surface area contributed by atoms with Crippen LogP contribution in [0, 0.1) is 5.41 Å². The fourth-order valence-corrected chi connectivity index (χ4v) is 5.04. The topological polar surface area (TPSA) is 74.8 Å². The Kier molecular flexibility index (Phi) is 4.00. The molecule has 0 aliphatic carbocycles. The van der Waals surface area contributed by atoms with Crippen LogP contribution in [0.2, 0.25) is 0 Å². The molecule has 0 amide bonds. The van der Waals surface area contributed by atoms with Crippen molar-refractivity contribution in [2.75, 3.05) is 0 Å². The summed E-state index contributed by atoms with van der Waals surface area (Å²) in [6, 6.07) is 14.4. The SMILES string of the molecule is [2H]c1c([2H])c([2H])c(-c2c([2H])c([2H])c([2H])c3oc4c([2H])c(C(N=Cc5cccc6c5oc5ccccc56)=NC(=N)c5ccccc5)c([2H])c([2H])c4c23)c([2H])c1[2H]. The number of rotatable bonds is 4. The second kappa shape index (κ2) is 10.6. The third-order valence-corrected chi connectivity index (χ3v) is 7.07. The van der Waals surface area contributed by atoms with Crippen LogP contribution in [0.3, 0.4) is 0 Å². The van der Waals surface area contributed by atoms with Gasteiger partial charge in [0.05, 0.1) is 15.1 Å². The van der Waals surface area contributed by atoms with Crippen molar-refractivity contribution >= 4 is 61.8 Å². The summed E-state index contributed by atoms with van der Waals surface area (Å²) in [4.78, 5) is 9.03. The number of hydrogen-bond acceptors (Lipinski definition) is 3. The molecule has 0 radical (unpaired) electrons. The van der Waals surface area contributed by atoms with Crippen molar-refractivity contribution in [1.29, 1.82) is 5.41 Å². The highest BCUT2D eigenvalue weighted by Gasteiger charge is 2.15. The van der Waals surface area contributed by atoms with Crippen LogP contribution >= 0.6 is 0 Å². The third kappa shape index (κ3) is 4.48. The first kappa shape index (κ1) is 16.5. The van der Waals surface area contributed by atoms with Gasteiger partial charge in [-0.15, -0.1) is 0 Å². The van der Waals surface area contributed by atoms with Gasteiger partial charge in [-0.25, -0.2) is 9.98 Å². The molecule has 0 unspecified atom stereocenters. The molecule has 0 atom stereocenters. The van der Waals surface area contributed by atoms with E-state index in [2.05, 4.69) is 9.98 Å². The Morgan fingerprint density at radius 3 is 2.36 bits per heavy atom. The summed E-state index contributed by atoms with van der Waals surface area (Å²) in [5.74, 6) is -0.563. The summed E-state index contributed by atoms with van der Waals surface area (Å²) in [7, 11) is 0.